The Morgan fingerprint density at radius 3 is 2.31 bits per heavy atom. The molecular weight excluding hydrogens is 237 g/mol. The molecule has 0 bridgehead atoms. The molecule has 0 unspecified atom stereocenters. The van der Waals surface area contributed by atoms with Gasteiger partial charge in [0.2, 0.25) is 0 Å². The molecule has 0 spiro atoms. The van der Waals surface area contributed by atoms with E-state index in [4.69, 9.17) is 0 Å². The molecule has 0 fully saturated rings. The summed E-state index contributed by atoms with van der Waals surface area (Å²) >= 11 is 0. The lowest BCUT2D eigenvalue weighted by molar-refractivity contribution is -0.267. The van der Waals surface area contributed by atoms with Crippen molar-refractivity contribution in [3.8, 4) is 0 Å². The van der Waals surface area contributed by atoms with Crippen LogP contribution in [0.4, 0.5) is 27.8 Å². The third-order valence-electron chi connectivity index (χ3n) is 1.71. The first-order chi connectivity index (χ1) is 7.16. The maximum Gasteiger partial charge on any atom is 0.463 e. The van der Waals surface area contributed by atoms with Gasteiger partial charge in [-0.2, -0.15) is 27.1 Å². The van der Waals surface area contributed by atoms with Gasteiger partial charge >= 0.3 is 18.0 Å². The Hall–Kier alpha value is -1.67. The molecule has 0 aromatic carbocycles. The fraction of sp³-hybridized carbons (Fsp3) is 0.429. The second-order valence-corrected chi connectivity index (χ2v) is 2.95. The predicted molar refractivity (Wildman–Crippen MR) is 43.0 cm³/mol. The standard InChI is InChI=1S/C7H6F5N3O/c1-3-2-13-15-4(3)14-5(16)6(8,9)7(10,11)12/h2H,1H3,(H2,13,14,15,16). The van der Waals surface area contributed by atoms with E-state index in [1.165, 1.54) is 18.4 Å². The summed E-state index contributed by atoms with van der Waals surface area (Å²) in [5.74, 6) is -8.19. The predicted octanol–water partition coefficient (Wildman–Crippen LogP) is 1.85. The van der Waals surface area contributed by atoms with Crippen molar-refractivity contribution in [3.05, 3.63) is 11.8 Å². The molecule has 0 saturated heterocycles. The lowest BCUT2D eigenvalue weighted by Crippen LogP contribution is -2.47. The highest BCUT2D eigenvalue weighted by atomic mass is 19.4. The maximum atomic E-state index is 12.5. The molecule has 1 aromatic rings. The average Bonchev–Trinajstić information content (AvgIpc) is 2.49. The summed E-state index contributed by atoms with van der Waals surface area (Å²) in [5.41, 5.74) is 0.242. The third-order valence-corrected chi connectivity index (χ3v) is 1.71. The van der Waals surface area contributed by atoms with Crippen molar-refractivity contribution in [3.63, 3.8) is 0 Å². The van der Waals surface area contributed by atoms with Crippen molar-refractivity contribution in [1.82, 2.24) is 10.2 Å². The molecule has 1 rings (SSSR count). The van der Waals surface area contributed by atoms with E-state index in [9.17, 15) is 26.7 Å². The van der Waals surface area contributed by atoms with Crippen LogP contribution in [0.25, 0.3) is 0 Å². The van der Waals surface area contributed by atoms with Crippen molar-refractivity contribution < 1.29 is 26.7 Å². The average molecular weight is 243 g/mol. The van der Waals surface area contributed by atoms with Crippen molar-refractivity contribution in [1.29, 1.82) is 0 Å². The molecule has 1 amide bonds. The second kappa shape index (κ2) is 3.72. The Labute approximate surface area is 85.8 Å². The van der Waals surface area contributed by atoms with Crippen molar-refractivity contribution in [2.75, 3.05) is 5.32 Å². The number of alkyl halides is 5. The maximum absolute atomic E-state index is 12.5. The SMILES string of the molecule is Cc1cn[nH]c1NC(=O)C(F)(F)C(F)(F)F. The molecule has 1 aromatic heterocycles. The molecule has 0 aliphatic heterocycles. The van der Waals surface area contributed by atoms with Crippen molar-refractivity contribution in [2.45, 2.75) is 19.0 Å². The van der Waals surface area contributed by atoms with Gasteiger partial charge in [-0.25, -0.2) is 0 Å². The molecule has 0 aliphatic rings. The molecule has 0 atom stereocenters. The zero-order valence-corrected chi connectivity index (χ0v) is 7.82. The Bertz CT molecular complexity index is 397. The van der Waals surface area contributed by atoms with Crippen LogP contribution in [0.3, 0.4) is 0 Å². The summed E-state index contributed by atoms with van der Waals surface area (Å²) < 4.78 is 60.3. The van der Waals surface area contributed by atoms with Crippen LogP contribution in [0.1, 0.15) is 5.56 Å². The van der Waals surface area contributed by atoms with Gasteiger partial charge in [-0.3, -0.25) is 9.89 Å². The molecule has 16 heavy (non-hydrogen) atoms. The number of rotatable bonds is 2. The molecule has 90 valence electrons. The Kier molecular flexibility index (Phi) is 2.89. The van der Waals surface area contributed by atoms with Gasteiger partial charge in [0.25, 0.3) is 0 Å². The molecule has 0 aliphatic carbocycles. The van der Waals surface area contributed by atoms with Crippen LogP contribution >= 0.6 is 0 Å². The number of aromatic nitrogens is 2. The Morgan fingerprint density at radius 1 is 1.38 bits per heavy atom. The molecule has 0 saturated carbocycles. The van der Waals surface area contributed by atoms with Crippen LogP contribution in [0, 0.1) is 6.92 Å². The summed E-state index contributed by atoms with van der Waals surface area (Å²) in [6.07, 6.45) is -4.76. The number of amides is 1. The summed E-state index contributed by atoms with van der Waals surface area (Å²) in [4.78, 5) is 10.7. The summed E-state index contributed by atoms with van der Waals surface area (Å²) in [7, 11) is 0. The van der Waals surface area contributed by atoms with Crippen LogP contribution in [0.5, 0.6) is 0 Å². The molecule has 4 nitrogen and oxygen atoms in total. The van der Waals surface area contributed by atoms with E-state index in [1.54, 1.807) is 0 Å². The molecule has 9 heteroatoms. The number of aromatic amines is 1. The van der Waals surface area contributed by atoms with Crippen molar-refractivity contribution >= 4 is 11.7 Å². The summed E-state index contributed by atoms with van der Waals surface area (Å²) in [6, 6.07) is 0. The number of hydrogen-bond acceptors (Lipinski definition) is 2. The van der Waals surface area contributed by atoms with Gasteiger partial charge in [0.1, 0.15) is 5.82 Å². The fourth-order valence-corrected chi connectivity index (χ4v) is 0.794. The minimum atomic E-state index is -5.93. The van der Waals surface area contributed by atoms with Gasteiger partial charge in [0, 0.05) is 5.56 Å². The molecule has 0 radical (unpaired) electrons. The smallest absolute Gasteiger partial charge is 0.305 e. The highest BCUT2D eigenvalue weighted by Gasteiger charge is 2.63. The Balaban J connectivity index is 2.85. The van der Waals surface area contributed by atoms with Gasteiger partial charge in [0.15, 0.2) is 0 Å². The Morgan fingerprint density at radius 2 is 1.94 bits per heavy atom. The van der Waals surface area contributed by atoms with Crippen LogP contribution in [-0.4, -0.2) is 28.2 Å². The minimum Gasteiger partial charge on any atom is -0.305 e. The summed E-state index contributed by atoms with van der Waals surface area (Å²) in [6.45, 7) is 1.38. The lowest BCUT2D eigenvalue weighted by atomic mass is 10.3. The monoisotopic (exact) mass is 243 g/mol. The lowest BCUT2D eigenvalue weighted by Gasteiger charge is -2.18. The fourth-order valence-electron chi connectivity index (χ4n) is 0.794. The number of hydrogen-bond donors (Lipinski definition) is 2. The van der Waals surface area contributed by atoms with Gasteiger partial charge in [0.05, 0.1) is 6.20 Å². The molecule has 2 N–H and O–H groups in total. The third kappa shape index (κ3) is 2.12. The van der Waals surface area contributed by atoms with Crippen molar-refractivity contribution in [2.24, 2.45) is 0 Å². The topological polar surface area (TPSA) is 57.8 Å². The zero-order valence-electron chi connectivity index (χ0n) is 7.82. The van der Waals surface area contributed by atoms with Gasteiger partial charge in [-0.05, 0) is 6.92 Å². The van der Waals surface area contributed by atoms with Crippen LogP contribution in [0.15, 0.2) is 6.20 Å². The van der Waals surface area contributed by atoms with E-state index in [2.05, 4.69) is 10.2 Å². The molecular formula is C7H6F5N3O. The van der Waals surface area contributed by atoms with Gasteiger partial charge in [-0.1, -0.05) is 0 Å². The largest absolute Gasteiger partial charge is 0.463 e. The number of nitrogens with one attached hydrogen (secondary N) is 2. The number of nitrogens with zero attached hydrogens (tertiary/aromatic N) is 1. The number of anilines is 1. The highest BCUT2D eigenvalue weighted by Crippen LogP contribution is 2.36. The van der Waals surface area contributed by atoms with Crippen LogP contribution in [-0.2, 0) is 4.79 Å². The van der Waals surface area contributed by atoms with E-state index >= 15 is 0 Å². The number of halogens is 5. The van der Waals surface area contributed by atoms with Crippen LogP contribution < -0.4 is 5.32 Å². The number of H-pyrrole nitrogens is 1. The minimum absolute atomic E-state index is 0.242. The van der Waals surface area contributed by atoms with E-state index in [-0.39, 0.29) is 11.4 Å². The first-order valence-corrected chi connectivity index (χ1v) is 3.92. The van der Waals surface area contributed by atoms with E-state index in [0.717, 1.165) is 0 Å². The zero-order chi connectivity index (χ0) is 12.6. The number of carbonyl (C=O) groups excluding carboxylic acids is 1. The number of aryl methyl sites for hydroxylation is 1. The van der Waals surface area contributed by atoms with E-state index < -0.39 is 18.0 Å². The van der Waals surface area contributed by atoms with E-state index in [1.807, 2.05) is 0 Å². The van der Waals surface area contributed by atoms with Crippen LogP contribution in [0.2, 0.25) is 0 Å². The quantitative estimate of drug-likeness (QED) is 0.779. The normalized spacial score (nSPS) is 12.6. The highest BCUT2D eigenvalue weighted by molar-refractivity contribution is 5.96. The molecule has 1 heterocycles. The second-order valence-electron chi connectivity index (χ2n) is 2.95. The number of carbonyl (C=O) groups is 1. The van der Waals surface area contributed by atoms with Gasteiger partial charge < -0.3 is 5.32 Å². The summed E-state index contributed by atoms with van der Waals surface area (Å²) in [5, 5.41) is 6.84. The van der Waals surface area contributed by atoms with E-state index in [0.29, 0.717) is 0 Å². The van der Waals surface area contributed by atoms with Gasteiger partial charge in [-0.15, -0.1) is 0 Å². The first kappa shape index (κ1) is 12.4. The first-order valence-electron chi connectivity index (χ1n) is 3.92.